The Morgan fingerprint density at radius 3 is 2.88 bits per heavy atom. The maximum absolute atomic E-state index is 12.1. The van der Waals surface area contributed by atoms with Crippen LogP contribution in [0.5, 0.6) is 0 Å². The minimum atomic E-state index is -4.33. The zero-order valence-electron chi connectivity index (χ0n) is 13.2. The number of nitrogens with one attached hydrogen (secondary N) is 2. The summed E-state index contributed by atoms with van der Waals surface area (Å²) in [4.78, 5) is 23.0. The molecule has 6 nitrogen and oxygen atoms in total. The fourth-order valence-corrected chi connectivity index (χ4v) is 2.56. The van der Waals surface area contributed by atoms with Crippen molar-refractivity contribution < 1.29 is 18.0 Å². The molecule has 0 saturated carbocycles. The van der Waals surface area contributed by atoms with E-state index in [2.05, 4.69) is 26.8 Å². The van der Waals surface area contributed by atoms with E-state index >= 15 is 0 Å². The summed E-state index contributed by atoms with van der Waals surface area (Å²) in [5, 5.41) is 3.37. The van der Waals surface area contributed by atoms with Gasteiger partial charge in [0.1, 0.15) is 17.5 Å². The van der Waals surface area contributed by atoms with E-state index < -0.39 is 24.9 Å². The van der Waals surface area contributed by atoms with Crippen LogP contribution < -0.4 is 5.32 Å². The molecule has 0 atom stereocenters. The number of hydrogen-bond donors (Lipinski definition) is 2. The molecule has 0 saturated heterocycles. The Balaban J connectivity index is 1.63. The Labute approximate surface area is 140 Å². The summed E-state index contributed by atoms with van der Waals surface area (Å²) in [6.07, 6.45) is -0.588. The molecule has 0 radical (unpaired) electrons. The second-order valence-corrected chi connectivity index (χ2v) is 5.63. The van der Waals surface area contributed by atoms with Crippen molar-refractivity contribution in [3.05, 3.63) is 31.4 Å². The summed E-state index contributed by atoms with van der Waals surface area (Å²) in [6, 6.07) is 1.88. The van der Waals surface area contributed by atoms with Gasteiger partial charge in [-0.05, 0) is 6.07 Å². The number of alkyl halides is 3. The molecular formula is C16H16F3N5O. The quantitative estimate of drug-likeness (QED) is 0.716. The van der Waals surface area contributed by atoms with Crippen molar-refractivity contribution in [2.24, 2.45) is 0 Å². The highest BCUT2D eigenvalue weighted by molar-refractivity contribution is 6.02. The van der Waals surface area contributed by atoms with Gasteiger partial charge in [-0.2, -0.15) is 13.2 Å². The van der Waals surface area contributed by atoms with Crippen LogP contribution in [0.3, 0.4) is 0 Å². The van der Waals surface area contributed by atoms with Gasteiger partial charge in [-0.25, -0.2) is 9.97 Å². The summed E-state index contributed by atoms with van der Waals surface area (Å²) in [7, 11) is 0. The van der Waals surface area contributed by atoms with E-state index in [1.807, 2.05) is 6.07 Å². The third-order valence-electron chi connectivity index (χ3n) is 3.80. The molecule has 3 aromatic heterocycles. The first-order valence-electron chi connectivity index (χ1n) is 7.66. The number of H-pyrrole nitrogens is 1. The SMILES string of the molecule is C=C(CCNC(=O)CCC(F)(F)F)n1cnc2cnc3[nH]ccc3c21. The summed E-state index contributed by atoms with van der Waals surface area (Å²) < 4.78 is 38.1. The van der Waals surface area contributed by atoms with Gasteiger partial charge in [0.25, 0.3) is 0 Å². The summed E-state index contributed by atoms with van der Waals surface area (Å²) in [6.45, 7) is 4.19. The Morgan fingerprint density at radius 1 is 1.32 bits per heavy atom. The number of carbonyl (C=O) groups is 1. The number of aromatic nitrogens is 4. The Hall–Kier alpha value is -2.84. The first kappa shape index (κ1) is 17.0. The van der Waals surface area contributed by atoms with E-state index in [0.717, 1.165) is 16.6 Å². The molecule has 9 heteroatoms. The smallest absolute Gasteiger partial charge is 0.356 e. The van der Waals surface area contributed by atoms with Crippen molar-refractivity contribution in [2.45, 2.75) is 25.4 Å². The molecule has 3 heterocycles. The van der Waals surface area contributed by atoms with Crippen molar-refractivity contribution >= 4 is 33.7 Å². The van der Waals surface area contributed by atoms with Crippen LogP contribution in [0.4, 0.5) is 13.2 Å². The minimum Gasteiger partial charge on any atom is -0.356 e. The lowest BCUT2D eigenvalue weighted by atomic mass is 10.2. The standard InChI is InChI=1S/C16H16F3N5O/c1-10(3-6-20-13(25)2-5-16(17,18)19)24-9-23-12-8-22-15-11(14(12)24)4-7-21-15/h4,7-9H,1-3,5-6H2,(H,20,25)(H,21,22). The highest BCUT2D eigenvalue weighted by Gasteiger charge is 2.27. The van der Waals surface area contributed by atoms with Gasteiger partial charge in [-0.15, -0.1) is 0 Å². The summed E-state index contributed by atoms with van der Waals surface area (Å²) >= 11 is 0. The molecule has 0 aliphatic carbocycles. The van der Waals surface area contributed by atoms with E-state index in [0.29, 0.717) is 17.6 Å². The second-order valence-electron chi connectivity index (χ2n) is 5.63. The van der Waals surface area contributed by atoms with Gasteiger partial charge in [0.2, 0.25) is 5.91 Å². The number of pyridine rings is 1. The molecule has 0 aromatic carbocycles. The number of fused-ring (bicyclic) bond motifs is 3. The topological polar surface area (TPSA) is 75.6 Å². The lowest BCUT2D eigenvalue weighted by Crippen LogP contribution is -2.26. The molecule has 3 aromatic rings. The lowest BCUT2D eigenvalue weighted by molar-refractivity contribution is -0.144. The van der Waals surface area contributed by atoms with Gasteiger partial charge in [0.05, 0.1) is 18.1 Å². The van der Waals surface area contributed by atoms with Gasteiger partial charge in [0.15, 0.2) is 0 Å². The lowest BCUT2D eigenvalue weighted by Gasteiger charge is -2.10. The third kappa shape index (κ3) is 3.81. The zero-order chi connectivity index (χ0) is 18.0. The number of amides is 1. The predicted molar refractivity (Wildman–Crippen MR) is 87.6 cm³/mol. The van der Waals surface area contributed by atoms with Crippen LogP contribution in [0.1, 0.15) is 19.3 Å². The average Bonchev–Trinajstić information content (AvgIpc) is 3.17. The van der Waals surface area contributed by atoms with Crippen molar-refractivity contribution in [1.29, 1.82) is 0 Å². The number of imidazole rings is 1. The molecule has 0 spiro atoms. The normalized spacial score (nSPS) is 12.0. The molecular weight excluding hydrogens is 335 g/mol. The Morgan fingerprint density at radius 2 is 2.12 bits per heavy atom. The van der Waals surface area contributed by atoms with E-state index in [9.17, 15) is 18.0 Å². The number of nitrogens with zero attached hydrogens (tertiary/aromatic N) is 3. The molecule has 0 unspecified atom stereocenters. The van der Waals surface area contributed by atoms with Crippen LogP contribution in [-0.4, -0.2) is 38.1 Å². The van der Waals surface area contributed by atoms with Gasteiger partial charge in [-0.3, -0.25) is 4.79 Å². The van der Waals surface area contributed by atoms with Crippen molar-refractivity contribution in [1.82, 2.24) is 24.8 Å². The molecule has 3 rings (SSSR count). The van der Waals surface area contributed by atoms with Gasteiger partial charge < -0.3 is 14.9 Å². The van der Waals surface area contributed by atoms with Gasteiger partial charge >= 0.3 is 6.18 Å². The monoisotopic (exact) mass is 351 g/mol. The van der Waals surface area contributed by atoms with E-state index in [1.165, 1.54) is 0 Å². The van der Waals surface area contributed by atoms with Crippen LogP contribution in [0.15, 0.2) is 31.4 Å². The number of rotatable bonds is 6. The first-order chi connectivity index (χ1) is 11.8. The summed E-state index contributed by atoms with van der Waals surface area (Å²) in [5.41, 5.74) is 2.96. The van der Waals surface area contributed by atoms with Crippen LogP contribution in [0.25, 0.3) is 27.8 Å². The number of aromatic amines is 1. The number of hydrogen-bond acceptors (Lipinski definition) is 3. The average molecular weight is 351 g/mol. The second kappa shape index (κ2) is 6.58. The predicted octanol–water partition coefficient (Wildman–Crippen LogP) is 3.23. The maximum atomic E-state index is 12.1. The molecule has 0 aliphatic heterocycles. The van der Waals surface area contributed by atoms with Crippen molar-refractivity contribution in [2.75, 3.05) is 6.54 Å². The van der Waals surface area contributed by atoms with E-state index in [4.69, 9.17) is 0 Å². The van der Waals surface area contributed by atoms with E-state index in [-0.39, 0.29) is 6.54 Å². The Kier molecular flexibility index (Phi) is 4.47. The van der Waals surface area contributed by atoms with Crippen LogP contribution in [-0.2, 0) is 4.79 Å². The fraction of sp³-hybridized carbons (Fsp3) is 0.312. The molecule has 0 fully saturated rings. The highest BCUT2D eigenvalue weighted by atomic mass is 19.4. The van der Waals surface area contributed by atoms with Crippen molar-refractivity contribution in [3.8, 4) is 0 Å². The van der Waals surface area contributed by atoms with Gasteiger partial charge in [-0.1, -0.05) is 6.58 Å². The van der Waals surface area contributed by atoms with Crippen LogP contribution in [0, 0.1) is 0 Å². The molecule has 25 heavy (non-hydrogen) atoms. The fourth-order valence-electron chi connectivity index (χ4n) is 2.56. The summed E-state index contributed by atoms with van der Waals surface area (Å²) in [5.74, 6) is -0.627. The molecule has 132 valence electrons. The zero-order valence-corrected chi connectivity index (χ0v) is 13.2. The molecule has 2 N–H and O–H groups in total. The largest absolute Gasteiger partial charge is 0.389 e. The van der Waals surface area contributed by atoms with Crippen LogP contribution in [0.2, 0.25) is 0 Å². The molecule has 0 bridgehead atoms. The van der Waals surface area contributed by atoms with Gasteiger partial charge in [0, 0.05) is 36.7 Å². The molecule has 0 aliphatic rings. The third-order valence-corrected chi connectivity index (χ3v) is 3.80. The number of carbonyl (C=O) groups excluding carboxylic acids is 1. The van der Waals surface area contributed by atoms with Crippen LogP contribution >= 0.6 is 0 Å². The number of halogens is 3. The molecule has 1 amide bonds. The van der Waals surface area contributed by atoms with E-state index in [1.54, 1.807) is 23.3 Å². The Bertz CT molecular complexity index is 925. The maximum Gasteiger partial charge on any atom is 0.389 e. The first-order valence-corrected chi connectivity index (χ1v) is 7.66. The highest BCUT2D eigenvalue weighted by Crippen LogP contribution is 2.25. The minimum absolute atomic E-state index is 0.205. The van der Waals surface area contributed by atoms with Crippen molar-refractivity contribution in [3.63, 3.8) is 0 Å².